The van der Waals surface area contributed by atoms with E-state index in [1.807, 2.05) is 0 Å². The third-order valence-corrected chi connectivity index (χ3v) is 1.85. The van der Waals surface area contributed by atoms with Gasteiger partial charge in [-0.2, -0.15) is 11.1 Å². The van der Waals surface area contributed by atoms with E-state index in [2.05, 4.69) is 26.0 Å². The van der Waals surface area contributed by atoms with E-state index in [0.29, 0.717) is 0 Å². The van der Waals surface area contributed by atoms with Gasteiger partial charge in [-0.3, -0.25) is 6.08 Å². The summed E-state index contributed by atoms with van der Waals surface area (Å²) < 4.78 is 0. The molecule has 70 valence electrons. The maximum Gasteiger partial charge on any atom is 0 e. The first-order valence-corrected chi connectivity index (χ1v) is 3.66. The molecule has 0 N–H and O–H groups in total. The fraction of sp³-hybridized carbons (Fsp3) is 0.556. The van der Waals surface area contributed by atoms with Gasteiger partial charge in [0.2, 0.25) is 0 Å². The summed E-state index contributed by atoms with van der Waals surface area (Å²) in [6.45, 7) is 4.42. The Hall–Kier alpha value is 0.930. The molecule has 0 aromatic rings. The zero-order valence-electron chi connectivity index (χ0n) is 7.45. The third kappa shape index (κ3) is 4.84. The molecular formula is C9H13Cl2Hf-3. The maximum absolute atomic E-state index is 3.23. The van der Waals surface area contributed by atoms with Crippen molar-refractivity contribution in [3.05, 3.63) is 23.3 Å². The summed E-state index contributed by atoms with van der Waals surface area (Å²) in [4.78, 5) is 0. The SMILES string of the molecule is CCC1=C(CC)C[C-]=C1.[Cl-].[Cl-].[Hf]. The molecule has 0 radical (unpaired) electrons. The van der Waals surface area contributed by atoms with Crippen LogP contribution in [0.2, 0.25) is 0 Å². The molecule has 12 heavy (non-hydrogen) atoms. The van der Waals surface area contributed by atoms with Gasteiger partial charge in [-0.25, -0.2) is 6.08 Å². The van der Waals surface area contributed by atoms with Crippen molar-refractivity contribution in [3.63, 3.8) is 0 Å². The average Bonchev–Trinajstić information content (AvgIpc) is 2.33. The Bertz CT molecular complexity index is 162. The molecule has 0 saturated carbocycles. The van der Waals surface area contributed by atoms with Gasteiger partial charge < -0.3 is 24.8 Å². The monoisotopic (exact) mass is 371 g/mol. The van der Waals surface area contributed by atoms with Crippen LogP contribution in [0.15, 0.2) is 17.2 Å². The van der Waals surface area contributed by atoms with Gasteiger partial charge in [-0.1, -0.05) is 26.7 Å². The largest absolute Gasteiger partial charge is 1.00 e. The fourth-order valence-electron chi connectivity index (χ4n) is 1.22. The van der Waals surface area contributed by atoms with Crippen LogP contribution < -0.4 is 24.8 Å². The van der Waals surface area contributed by atoms with E-state index >= 15 is 0 Å². The first-order valence-electron chi connectivity index (χ1n) is 3.66. The zero-order valence-corrected chi connectivity index (χ0v) is 12.6. The maximum atomic E-state index is 3.23. The number of rotatable bonds is 2. The molecule has 1 aliphatic rings. The van der Waals surface area contributed by atoms with Crippen molar-refractivity contribution in [2.75, 3.05) is 0 Å². The minimum Gasteiger partial charge on any atom is -1.00 e. The van der Waals surface area contributed by atoms with E-state index in [0.717, 1.165) is 6.42 Å². The summed E-state index contributed by atoms with van der Waals surface area (Å²) in [5.74, 6) is 0. The Morgan fingerprint density at radius 3 is 2.17 bits per heavy atom. The molecule has 3 heteroatoms. The summed E-state index contributed by atoms with van der Waals surface area (Å²) in [5.41, 5.74) is 3.09. The topological polar surface area (TPSA) is 0 Å². The number of hydrogen-bond donors (Lipinski definition) is 0. The van der Waals surface area contributed by atoms with Crippen LogP contribution in [0, 0.1) is 6.08 Å². The molecule has 0 heterocycles. The molecule has 1 rings (SSSR count). The van der Waals surface area contributed by atoms with Crippen molar-refractivity contribution >= 4 is 0 Å². The number of hydrogen-bond acceptors (Lipinski definition) is 0. The van der Waals surface area contributed by atoms with Crippen LogP contribution in [0.4, 0.5) is 0 Å². The average molecular weight is 371 g/mol. The van der Waals surface area contributed by atoms with Crippen molar-refractivity contribution in [2.45, 2.75) is 33.1 Å². The summed E-state index contributed by atoms with van der Waals surface area (Å²) in [6.07, 6.45) is 8.82. The van der Waals surface area contributed by atoms with E-state index in [4.69, 9.17) is 0 Å². The summed E-state index contributed by atoms with van der Waals surface area (Å²) in [6, 6.07) is 0. The molecule has 0 unspecified atom stereocenters. The molecule has 0 saturated heterocycles. The molecule has 0 nitrogen and oxygen atoms in total. The first-order chi connectivity index (χ1) is 4.38. The Morgan fingerprint density at radius 1 is 1.25 bits per heavy atom. The van der Waals surface area contributed by atoms with Crippen molar-refractivity contribution in [1.29, 1.82) is 0 Å². The predicted octanol–water partition coefficient (Wildman–Crippen LogP) is -3.13. The van der Waals surface area contributed by atoms with Gasteiger partial charge in [0.25, 0.3) is 0 Å². The molecule has 0 aromatic heterocycles. The molecule has 0 bridgehead atoms. The normalized spacial score (nSPS) is 13.2. The van der Waals surface area contributed by atoms with Crippen LogP contribution in [-0.4, -0.2) is 0 Å². The van der Waals surface area contributed by atoms with Crippen LogP contribution in [0.5, 0.6) is 0 Å². The molecule has 0 amide bonds. The summed E-state index contributed by atoms with van der Waals surface area (Å²) >= 11 is 0. The second-order valence-electron chi connectivity index (χ2n) is 2.36. The van der Waals surface area contributed by atoms with Crippen LogP contribution in [0.3, 0.4) is 0 Å². The second-order valence-corrected chi connectivity index (χ2v) is 2.36. The van der Waals surface area contributed by atoms with E-state index in [9.17, 15) is 0 Å². The minimum atomic E-state index is 0. The predicted molar refractivity (Wildman–Crippen MR) is 40.0 cm³/mol. The Balaban J connectivity index is -0.000000270. The molecule has 0 aromatic carbocycles. The molecular weight excluding hydrogens is 357 g/mol. The molecule has 0 spiro atoms. The zero-order chi connectivity index (χ0) is 6.69. The third-order valence-electron chi connectivity index (χ3n) is 1.85. The second kappa shape index (κ2) is 10.0. The van der Waals surface area contributed by atoms with Crippen molar-refractivity contribution in [3.8, 4) is 0 Å². The Kier molecular flexibility index (Phi) is 15.6. The molecule has 0 fully saturated rings. The Labute approximate surface area is 106 Å². The Morgan fingerprint density at radius 2 is 1.83 bits per heavy atom. The summed E-state index contributed by atoms with van der Waals surface area (Å²) in [5, 5.41) is 0. The molecule has 1 aliphatic carbocycles. The first kappa shape index (κ1) is 18.7. The molecule has 0 aliphatic heterocycles. The van der Waals surface area contributed by atoms with E-state index in [-0.39, 0.29) is 50.7 Å². The van der Waals surface area contributed by atoms with Gasteiger partial charge >= 0.3 is 0 Å². The van der Waals surface area contributed by atoms with Crippen molar-refractivity contribution in [1.82, 2.24) is 0 Å². The van der Waals surface area contributed by atoms with Gasteiger partial charge in [0.05, 0.1) is 0 Å². The van der Waals surface area contributed by atoms with Gasteiger partial charge in [-0.15, -0.1) is 6.42 Å². The van der Waals surface area contributed by atoms with Crippen LogP contribution in [0.25, 0.3) is 0 Å². The minimum absolute atomic E-state index is 0. The smallest absolute Gasteiger partial charge is 0 e. The van der Waals surface area contributed by atoms with E-state index in [1.165, 1.54) is 18.4 Å². The van der Waals surface area contributed by atoms with Crippen molar-refractivity contribution < 1.29 is 50.7 Å². The van der Waals surface area contributed by atoms with Gasteiger partial charge in [0.1, 0.15) is 0 Å². The van der Waals surface area contributed by atoms with E-state index in [1.54, 1.807) is 5.57 Å². The van der Waals surface area contributed by atoms with Gasteiger partial charge in [0, 0.05) is 25.8 Å². The van der Waals surface area contributed by atoms with Crippen LogP contribution >= 0.6 is 0 Å². The standard InChI is InChI=1S/C9H13.2ClH.Hf/c1-3-8-6-5-7-9(8)4-2;;;/h6H,3-4,7H2,1-2H3;2*1H;/q-1;;;/p-2. The van der Waals surface area contributed by atoms with Crippen LogP contribution in [0.1, 0.15) is 33.1 Å². The van der Waals surface area contributed by atoms with Gasteiger partial charge in [0.15, 0.2) is 0 Å². The van der Waals surface area contributed by atoms with E-state index < -0.39 is 0 Å². The van der Waals surface area contributed by atoms with Crippen molar-refractivity contribution in [2.24, 2.45) is 0 Å². The number of halogens is 2. The number of allylic oxidation sites excluding steroid dienone is 4. The van der Waals surface area contributed by atoms with Crippen LogP contribution in [-0.2, 0) is 25.8 Å². The van der Waals surface area contributed by atoms with Gasteiger partial charge in [-0.05, 0) is 0 Å². The summed E-state index contributed by atoms with van der Waals surface area (Å²) in [7, 11) is 0. The fourth-order valence-corrected chi connectivity index (χ4v) is 1.22. The molecule has 0 atom stereocenters. The quantitative estimate of drug-likeness (QED) is 0.356.